The summed E-state index contributed by atoms with van der Waals surface area (Å²) in [7, 11) is 0.626. The third kappa shape index (κ3) is 16.1. The van der Waals surface area contributed by atoms with Gasteiger partial charge in [-0.25, -0.2) is 9.78 Å². The second-order valence-corrected chi connectivity index (χ2v) is 29.9. The molecule has 3 aromatic carbocycles. The number of carbonyl (C=O) groups excluding carboxylic acids is 2. The van der Waals surface area contributed by atoms with Crippen LogP contribution in [0.5, 0.6) is 11.5 Å². The number of H-pyrrole nitrogens is 2. The Balaban J connectivity index is 0.995. The molecular weight excluding hydrogens is 1190 g/mol. The Hall–Kier alpha value is -7.40. The Morgan fingerprint density at radius 2 is 1.37 bits per heavy atom. The molecule has 5 heterocycles. The van der Waals surface area contributed by atoms with E-state index >= 15 is 0 Å². The lowest BCUT2D eigenvalue weighted by Gasteiger charge is -2.50. The summed E-state index contributed by atoms with van der Waals surface area (Å²) in [5, 5.41) is 12.6. The molecular formula is C65H88N8O17Si. The number of nitrogens with one attached hydrogen (secondary N) is 3. The van der Waals surface area contributed by atoms with Crippen molar-refractivity contribution in [2.45, 2.75) is 128 Å². The van der Waals surface area contributed by atoms with Crippen molar-refractivity contribution >= 4 is 43.3 Å². The van der Waals surface area contributed by atoms with E-state index in [2.05, 4.69) is 71.7 Å². The molecule has 0 aliphatic carbocycles. The van der Waals surface area contributed by atoms with Gasteiger partial charge in [0.05, 0.1) is 85.9 Å². The van der Waals surface area contributed by atoms with E-state index in [1.165, 1.54) is 28.6 Å². The van der Waals surface area contributed by atoms with Gasteiger partial charge in [-0.3, -0.25) is 53.3 Å². The summed E-state index contributed by atoms with van der Waals surface area (Å²) in [5.74, 6) is -2.38. The van der Waals surface area contributed by atoms with Crippen LogP contribution in [0.2, 0.25) is 16.6 Å². The highest BCUT2D eigenvalue weighted by Crippen LogP contribution is 2.47. The molecule has 0 radical (unpaired) electrons. The number of benzene rings is 3. The zero-order valence-corrected chi connectivity index (χ0v) is 55.1. The average Bonchev–Trinajstić information content (AvgIpc) is 1.36. The number of aromatic amines is 2. The molecule has 25 nitrogen and oxygen atoms in total. The largest absolute Gasteiger partial charge is 0.497 e. The van der Waals surface area contributed by atoms with Crippen molar-refractivity contribution in [3.8, 4) is 11.5 Å². The van der Waals surface area contributed by atoms with Gasteiger partial charge in [-0.1, -0.05) is 110 Å². The molecule has 3 aromatic heterocycles. The topological polar surface area (TPSA) is 297 Å². The van der Waals surface area contributed by atoms with Crippen LogP contribution < -0.4 is 31.6 Å². The highest BCUT2D eigenvalue weighted by Gasteiger charge is 2.52. The van der Waals surface area contributed by atoms with Crippen LogP contribution in [-0.2, 0) is 57.6 Å². The van der Waals surface area contributed by atoms with Gasteiger partial charge in [-0.15, -0.1) is 0 Å². The second-order valence-electron chi connectivity index (χ2n) is 24.5. The molecule has 91 heavy (non-hydrogen) atoms. The summed E-state index contributed by atoms with van der Waals surface area (Å²) in [6, 6.07) is 25.6. The minimum atomic E-state index is -2.62. The van der Waals surface area contributed by atoms with E-state index in [0.29, 0.717) is 30.2 Å². The van der Waals surface area contributed by atoms with Crippen LogP contribution in [0.1, 0.15) is 103 Å². The molecule has 4 N–H and O–H groups in total. The van der Waals surface area contributed by atoms with E-state index in [1.807, 2.05) is 78.9 Å². The number of nitrogens with zero attached hydrogens (tertiary/aromatic N) is 5. The third-order valence-corrected chi connectivity index (χ3v) is 23.1. The Labute approximate surface area is 530 Å². The molecule has 6 aromatic rings. The van der Waals surface area contributed by atoms with Crippen molar-refractivity contribution in [1.82, 2.24) is 34.0 Å². The fraction of sp³-hybridized carbons (Fsp3) is 0.538. The van der Waals surface area contributed by atoms with Gasteiger partial charge < -0.3 is 52.2 Å². The number of methoxy groups -OCH3 is 2. The lowest BCUT2D eigenvalue weighted by Crippen LogP contribution is -2.62. The van der Waals surface area contributed by atoms with E-state index in [-0.39, 0.29) is 93.1 Å². The van der Waals surface area contributed by atoms with Gasteiger partial charge in [-0.05, 0) is 64.5 Å². The molecule has 0 saturated carbocycles. The number of carbonyl (C=O) groups is 3. The Bertz CT molecular complexity index is 3510. The highest BCUT2D eigenvalue weighted by molar-refractivity contribution is 6.77. The van der Waals surface area contributed by atoms with Gasteiger partial charge in [0.25, 0.3) is 11.1 Å². The smallest absolute Gasteiger partial charge is 0.330 e. The Morgan fingerprint density at radius 3 is 1.95 bits per heavy atom. The van der Waals surface area contributed by atoms with Crippen LogP contribution >= 0.6 is 0 Å². The van der Waals surface area contributed by atoms with Crippen LogP contribution in [0, 0.1) is 18.8 Å². The predicted octanol–water partition coefficient (Wildman–Crippen LogP) is 7.33. The number of aryl methyl sites for hydroxylation is 1. The lowest BCUT2D eigenvalue weighted by atomic mass is 9.79. The molecule has 2 saturated heterocycles. The van der Waals surface area contributed by atoms with E-state index in [1.54, 1.807) is 35.0 Å². The van der Waals surface area contributed by atoms with Crippen molar-refractivity contribution in [2.75, 3.05) is 92.0 Å². The number of hydrogen-bond donors (Lipinski definition) is 4. The number of rotatable bonds is 32. The SMILES string of the molecule is COc1ccc(C(OC[C@]2(CO[Si](C(C)C)(C(C)C)C(C)C)CN(CCOCCOCCOC[C@@H]3O[C@@H](n4cnc5c(=O)[nH]c(NC(=O)C(C)C)nc54)[C@H](OC(C)=O)[C@@H]3CC(=O)O)C[C@H](n3cc(C)c(=O)[nH]c3=O)O2)(c2ccccc2)c2ccc(OC)cc2)cc1. The maximum absolute atomic E-state index is 13.9. The van der Waals surface area contributed by atoms with Gasteiger partial charge >= 0.3 is 17.6 Å². The fourth-order valence-electron chi connectivity index (χ4n) is 12.7. The summed E-state index contributed by atoms with van der Waals surface area (Å²) < 4.78 is 66.9. The number of fused-ring (bicyclic) bond motifs is 1. The van der Waals surface area contributed by atoms with Gasteiger partial charge in [0.15, 0.2) is 38.0 Å². The number of imidazole rings is 1. The number of hydrogen-bond acceptors (Lipinski definition) is 19. The van der Waals surface area contributed by atoms with Crippen molar-refractivity contribution in [3.63, 3.8) is 0 Å². The first-order chi connectivity index (χ1) is 43.4. The molecule has 0 unspecified atom stereocenters. The summed E-state index contributed by atoms with van der Waals surface area (Å²) in [4.78, 5) is 92.9. The van der Waals surface area contributed by atoms with E-state index < -0.39 is 97.1 Å². The predicted molar refractivity (Wildman–Crippen MR) is 340 cm³/mol. The first-order valence-corrected chi connectivity index (χ1v) is 33.0. The number of aliphatic carboxylic acids is 1. The molecule has 26 heteroatoms. The number of aromatic nitrogens is 6. The van der Waals surface area contributed by atoms with Gasteiger partial charge in [0.1, 0.15) is 22.7 Å². The molecule has 1 amide bonds. The van der Waals surface area contributed by atoms with Gasteiger partial charge in [-0.2, -0.15) is 4.98 Å². The minimum absolute atomic E-state index is 0.00585. The first-order valence-electron chi connectivity index (χ1n) is 30.9. The van der Waals surface area contributed by atoms with Gasteiger partial charge in [0.2, 0.25) is 11.9 Å². The molecule has 0 spiro atoms. The monoisotopic (exact) mass is 1280 g/mol. The number of esters is 1. The number of amides is 1. The molecule has 0 bridgehead atoms. The van der Waals surface area contributed by atoms with E-state index in [9.17, 15) is 33.9 Å². The number of carboxylic acids is 1. The minimum Gasteiger partial charge on any atom is -0.497 e. The van der Waals surface area contributed by atoms with Crippen LogP contribution in [0.25, 0.3) is 11.2 Å². The van der Waals surface area contributed by atoms with Crippen LogP contribution in [0.15, 0.2) is 106 Å². The van der Waals surface area contributed by atoms with Crippen LogP contribution in [0.3, 0.4) is 0 Å². The lowest BCUT2D eigenvalue weighted by molar-refractivity contribution is -0.229. The molecule has 2 aliphatic heterocycles. The zero-order valence-electron chi connectivity index (χ0n) is 54.1. The van der Waals surface area contributed by atoms with Crippen molar-refractivity contribution in [1.29, 1.82) is 0 Å². The maximum atomic E-state index is 13.9. The van der Waals surface area contributed by atoms with Crippen molar-refractivity contribution in [2.24, 2.45) is 11.8 Å². The molecule has 2 fully saturated rings. The quantitative estimate of drug-likeness (QED) is 0.0139. The molecule has 8 rings (SSSR count). The zero-order chi connectivity index (χ0) is 65.8. The standard InChI is InChI=1S/C65H88N8O17Si/c1-40(2)58(77)68-62-67-57-55(60(79)69-62)66-39-73(57)61-56(88-45(10)74)51(32-54(75)76)52(89-61)35-85-31-30-84-29-28-83-27-26-71-34-53(72-33-44(9)59(78)70-63(72)80)90-64(36-71,38-87-91(41(3)4,42(5)6)43(7)8)37-86-65(46-16-14-13-15-17-46,47-18-22-49(81-11)23-19-47)48-20-24-50(82-12)25-21-48/h13-25,33,39-43,51-53,56,61H,26-32,34-38H2,1-12H3,(H,75,76)(H,70,78,80)(H2,67,68,69,77,79)/t51-,52+,53-,56-,61-,64+/m1/s1. The molecule has 2 aliphatic rings. The first kappa shape index (κ1) is 69.5. The highest BCUT2D eigenvalue weighted by atomic mass is 28.4. The fourth-order valence-corrected chi connectivity index (χ4v) is 18.2. The molecule has 6 atom stereocenters. The van der Waals surface area contributed by atoms with Crippen molar-refractivity contribution in [3.05, 3.63) is 145 Å². The van der Waals surface area contributed by atoms with Crippen molar-refractivity contribution < 1.29 is 66.5 Å². The maximum Gasteiger partial charge on any atom is 0.330 e. The van der Waals surface area contributed by atoms with Crippen LogP contribution in [0.4, 0.5) is 5.95 Å². The number of morpholine rings is 1. The normalized spacial score (nSPS) is 19.8. The average molecular weight is 1280 g/mol. The Morgan fingerprint density at radius 1 is 0.780 bits per heavy atom. The molecule has 494 valence electrons. The number of carboxylic acid groups (broad SMARTS) is 1. The van der Waals surface area contributed by atoms with E-state index in [4.69, 9.17) is 47.1 Å². The summed E-state index contributed by atoms with van der Waals surface area (Å²) in [5.41, 5.74) is -0.911. The summed E-state index contributed by atoms with van der Waals surface area (Å²) in [6.07, 6.45) is -1.80. The second kappa shape index (κ2) is 30.8. The number of anilines is 1. The summed E-state index contributed by atoms with van der Waals surface area (Å²) >= 11 is 0. The third-order valence-electron chi connectivity index (χ3n) is 17.0. The number of ether oxygens (including phenoxy) is 9. The Kier molecular flexibility index (Phi) is 23.5. The van der Waals surface area contributed by atoms with Gasteiger partial charge in [0, 0.05) is 50.2 Å². The van der Waals surface area contributed by atoms with Crippen LogP contribution in [-0.4, -0.2) is 170 Å². The summed E-state index contributed by atoms with van der Waals surface area (Å²) in [6.45, 7) is 21.3. The van der Waals surface area contributed by atoms with E-state index in [0.717, 1.165) is 16.7 Å².